The van der Waals surface area contributed by atoms with Crippen molar-refractivity contribution in [3.63, 3.8) is 0 Å². The molecular weight excluding hydrogens is 337 g/mol. The molecule has 0 spiro atoms. The molecule has 0 radical (unpaired) electrons. The Morgan fingerprint density at radius 1 is 0.714 bits per heavy atom. The summed E-state index contributed by atoms with van der Waals surface area (Å²) in [5.74, 6) is 0. The molecule has 0 fully saturated rings. The van der Waals surface area contributed by atoms with Crippen LogP contribution in [0.4, 0.5) is 0 Å². The number of hydrogen-bond acceptors (Lipinski definition) is 0. The van der Waals surface area contributed by atoms with Crippen molar-refractivity contribution in [2.24, 2.45) is 0 Å². The smallest absolute Gasteiger partial charge is 0.663 e. The van der Waals surface area contributed by atoms with Crippen LogP contribution >= 0.6 is 0 Å². The van der Waals surface area contributed by atoms with Crippen LogP contribution in [0.2, 0.25) is 0 Å². The first kappa shape index (κ1) is 29.3. The molecule has 1 aliphatic rings. The Balaban J connectivity index is -0.0000000903. The Labute approximate surface area is 153 Å². The fourth-order valence-corrected chi connectivity index (χ4v) is 1.01. The first-order valence-electron chi connectivity index (χ1n) is 7.86. The average Bonchev–Trinajstić information content (AvgIpc) is 3.02. The summed E-state index contributed by atoms with van der Waals surface area (Å²) in [6, 6.07) is 0. The Morgan fingerprint density at radius 2 is 1.05 bits per heavy atom. The molecule has 0 aromatic rings. The van der Waals surface area contributed by atoms with E-state index < -0.39 is 0 Å². The van der Waals surface area contributed by atoms with Gasteiger partial charge in [-0.2, -0.15) is 45.3 Å². The molecule has 0 amide bonds. The molecule has 0 atom stereocenters. The summed E-state index contributed by atoms with van der Waals surface area (Å²) in [7, 11) is 0. The van der Waals surface area contributed by atoms with Crippen LogP contribution in [-0.4, -0.2) is 39.3 Å². The van der Waals surface area contributed by atoms with Gasteiger partial charge in [-0.05, 0) is 0 Å². The Hall–Kier alpha value is 0.243. The van der Waals surface area contributed by atoms with Gasteiger partial charge in [0.2, 0.25) is 0 Å². The zero-order chi connectivity index (χ0) is 15.9. The van der Waals surface area contributed by atoms with E-state index in [-0.39, 0.29) is 26.2 Å². The number of nitrogens with zero attached hydrogens (tertiary/aromatic N) is 3. The zero-order valence-electron chi connectivity index (χ0n) is 15.0. The molecular formula is C17H35N3Zr. The van der Waals surface area contributed by atoms with Crippen LogP contribution in [0.15, 0.2) is 18.2 Å². The van der Waals surface area contributed by atoms with E-state index in [9.17, 15) is 0 Å². The molecule has 0 aromatic heterocycles. The largest absolute Gasteiger partial charge is 4.00 e. The second-order valence-electron chi connectivity index (χ2n) is 3.57. The maximum absolute atomic E-state index is 3.97. The van der Waals surface area contributed by atoms with Gasteiger partial charge in [0.05, 0.1) is 0 Å². The van der Waals surface area contributed by atoms with E-state index in [1.165, 1.54) is 0 Å². The van der Waals surface area contributed by atoms with Crippen molar-refractivity contribution < 1.29 is 26.2 Å². The van der Waals surface area contributed by atoms with Crippen LogP contribution in [0.25, 0.3) is 16.0 Å². The van der Waals surface area contributed by atoms with E-state index in [2.05, 4.69) is 28.1 Å². The van der Waals surface area contributed by atoms with Gasteiger partial charge in [-0.1, -0.05) is 41.5 Å². The van der Waals surface area contributed by atoms with Crippen molar-refractivity contribution in [1.29, 1.82) is 0 Å². The fraction of sp³-hybridized carbons (Fsp3) is 0.765. The van der Waals surface area contributed by atoms with E-state index in [1.54, 1.807) is 0 Å². The van der Waals surface area contributed by atoms with E-state index in [4.69, 9.17) is 0 Å². The van der Waals surface area contributed by atoms with Crippen LogP contribution in [0.3, 0.4) is 0 Å². The maximum Gasteiger partial charge on any atom is 4.00 e. The molecule has 1 rings (SSSR count). The average molecular weight is 373 g/mol. The molecule has 0 aromatic carbocycles. The normalized spacial score (nSPS) is 10.2. The third kappa shape index (κ3) is 53.3. The fourth-order valence-electron chi connectivity index (χ4n) is 1.01. The van der Waals surface area contributed by atoms with Gasteiger partial charge < -0.3 is 16.0 Å². The maximum atomic E-state index is 3.97. The van der Waals surface area contributed by atoms with Gasteiger partial charge in [-0.3, -0.25) is 6.08 Å². The Bertz CT molecular complexity index is 153. The van der Waals surface area contributed by atoms with Gasteiger partial charge in [0.1, 0.15) is 0 Å². The van der Waals surface area contributed by atoms with Gasteiger partial charge in [-0.25, -0.2) is 12.2 Å². The van der Waals surface area contributed by atoms with Gasteiger partial charge in [0.15, 0.2) is 0 Å². The molecule has 1 aliphatic carbocycles. The van der Waals surface area contributed by atoms with Gasteiger partial charge in [-0.15, -0.1) is 6.42 Å². The molecule has 122 valence electrons. The molecule has 0 aliphatic heterocycles. The van der Waals surface area contributed by atoms with Crippen molar-refractivity contribution in [3.8, 4) is 0 Å². The SMILES string of the molecule is CC[N-]CC.CC[N-]CC.CC[N-]CC.[C-]1=CC=CC1.[Zr+4]. The summed E-state index contributed by atoms with van der Waals surface area (Å²) < 4.78 is 0. The van der Waals surface area contributed by atoms with Crippen molar-refractivity contribution in [2.75, 3.05) is 39.3 Å². The summed E-state index contributed by atoms with van der Waals surface area (Å²) in [5.41, 5.74) is 0. The molecule has 21 heavy (non-hydrogen) atoms. The standard InChI is InChI=1S/C5H5.3C4H10N.Zr/c1-2-4-5-3-1;3*1-3-5-4-2;/h1-3H,4H2;3*3-4H2,1-2H3;/q4*-1;+4. The van der Waals surface area contributed by atoms with Crippen LogP contribution in [0.5, 0.6) is 0 Å². The van der Waals surface area contributed by atoms with Gasteiger partial charge >= 0.3 is 26.2 Å². The minimum atomic E-state index is 0. The van der Waals surface area contributed by atoms with E-state index in [0.29, 0.717) is 0 Å². The minimum absolute atomic E-state index is 0. The van der Waals surface area contributed by atoms with E-state index in [1.807, 2.05) is 53.7 Å². The van der Waals surface area contributed by atoms with Crippen molar-refractivity contribution in [1.82, 2.24) is 0 Å². The number of hydrogen-bond donors (Lipinski definition) is 0. The molecule has 0 saturated heterocycles. The van der Waals surface area contributed by atoms with Crippen LogP contribution in [-0.2, 0) is 26.2 Å². The van der Waals surface area contributed by atoms with Crippen molar-refractivity contribution >= 4 is 0 Å². The second-order valence-corrected chi connectivity index (χ2v) is 3.57. The van der Waals surface area contributed by atoms with Gasteiger partial charge in [0, 0.05) is 0 Å². The van der Waals surface area contributed by atoms with E-state index >= 15 is 0 Å². The summed E-state index contributed by atoms with van der Waals surface area (Å²) in [5, 5.41) is 11.9. The van der Waals surface area contributed by atoms with E-state index in [0.717, 1.165) is 45.7 Å². The van der Waals surface area contributed by atoms with Crippen LogP contribution in [0, 0.1) is 6.08 Å². The van der Waals surface area contributed by atoms with Crippen molar-refractivity contribution in [2.45, 2.75) is 48.0 Å². The van der Waals surface area contributed by atoms with Crippen LogP contribution < -0.4 is 0 Å². The molecule has 0 bridgehead atoms. The predicted octanol–water partition coefficient (Wildman–Crippen LogP) is 5.50. The topological polar surface area (TPSA) is 42.3 Å². The monoisotopic (exact) mass is 371 g/mol. The van der Waals surface area contributed by atoms with Crippen LogP contribution in [0.1, 0.15) is 48.0 Å². The first-order chi connectivity index (χ1) is 9.74. The first-order valence-corrected chi connectivity index (χ1v) is 7.86. The summed E-state index contributed by atoms with van der Waals surface area (Å²) in [6.45, 7) is 18.1. The molecule has 0 N–H and O–H groups in total. The number of rotatable bonds is 6. The van der Waals surface area contributed by atoms with Gasteiger partial charge in [0.25, 0.3) is 0 Å². The minimum Gasteiger partial charge on any atom is -0.663 e. The molecule has 0 saturated carbocycles. The molecule has 0 heterocycles. The van der Waals surface area contributed by atoms with Crippen molar-refractivity contribution in [3.05, 3.63) is 40.3 Å². The third-order valence-electron chi connectivity index (χ3n) is 1.93. The summed E-state index contributed by atoms with van der Waals surface area (Å²) in [6.07, 6.45) is 10.0. The Kier molecular flexibility index (Phi) is 51.5. The zero-order valence-corrected chi connectivity index (χ0v) is 17.5. The number of allylic oxidation sites excluding steroid dienone is 4. The summed E-state index contributed by atoms with van der Waals surface area (Å²) in [4.78, 5) is 0. The summed E-state index contributed by atoms with van der Waals surface area (Å²) >= 11 is 0. The molecule has 4 heteroatoms. The second kappa shape index (κ2) is 37.0. The molecule has 3 nitrogen and oxygen atoms in total. The Morgan fingerprint density at radius 3 is 1.10 bits per heavy atom. The predicted molar refractivity (Wildman–Crippen MR) is 94.9 cm³/mol. The molecule has 0 unspecified atom stereocenters. The quantitative estimate of drug-likeness (QED) is 0.552. The third-order valence-corrected chi connectivity index (χ3v) is 1.93.